The maximum absolute atomic E-state index is 12.6. The molecule has 0 saturated carbocycles. The molecule has 3 rings (SSSR count). The third-order valence-electron chi connectivity index (χ3n) is 5.23. The van der Waals surface area contributed by atoms with Crippen LogP contribution in [0.2, 0.25) is 5.02 Å². The Balaban J connectivity index is 1.68. The molecule has 0 fully saturated rings. The first-order chi connectivity index (χ1) is 15.3. The minimum atomic E-state index is -2.89. The Bertz CT molecular complexity index is 941. The second-order valence-corrected chi connectivity index (χ2v) is 9.31. The van der Waals surface area contributed by atoms with Crippen molar-refractivity contribution in [1.29, 1.82) is 0 Å². The van der Waals surface area contributed by atoms with Crippen LogP contribution in [-0.4, -0.2) is 48.3 Å². The number of carbonyl (C=O) groups is 1. The molecule has 1 aliphatic heterocycles. The van der Waals surface area contributed by atoms with Gasteiger partial charge in [0.1, 0.15) is 12.3 Å². The van der Waals surface area contributed by atoms with Crippen LogP contribution in [0.5, 0.6) is 5.75 Å². The quantitative estimate of drug-likeness (QED) is 0.439. The first kappa shape index (κ1) is 24.3. The largest absolute Gasteiger partial charge is 0.435 e. The van der Waals surface area contributed by atoms with Crippen molar-refractivity contribution in [3.8, 4) is 5.75 Å². The zero-order valence-electron chi connectivity index (χ0n) is 18.0. The van der Waals surface area contributed by atoms with Crippen molar-refractivity contribution in [1.82, 2.24) is 5.01 Å². The van der Waals surface area contributed by atoms with Crippen LogP contribution in [0.25, 0.3) is 0 Å². The Kier molecular flexibility index (Phi) is 8.37. The summed E-state index contributed by atoms with van der Waals surface area (Å²) in [5, 5.41) is 10.0. The number of carbonyl (C=O) groups excluding carboxylic acids is 1. The van der Waals surface area contributed by atoms with Gasteiger partial charge in [-0.25, -0.2) is 0 Å². The summed E-state index contributed by atoms with van der Waals surface area (Å²) in [6.45, 7) is 0.0160. The lowest BCUT2D eigenvalue weighted by Gasteiger charge is -2.26. The van der Waals surface area contributed by atoms with Gasteiger partial charge < -0.3 is 10.1 Å². The normalized spacial score (nSPS) is 18.1. The van der Waals surface area contributed by atoms with Gasteiger partial charge >= 0.3 is 6.61 Å². The maximum atomic E-state index is 12.6. The lowest BCUT2D eigenvalue weighted by molar-refractivity contribution is -0.117. The van der Waals surface area contributed by atoms with Crippen molar-refractivity contribution in [3.05, 3.63) is 59.1 Å². The van der Waals surface area contributed by atoms with E-state index in [1.54, 1.807) is 5.01 Å². The van der Waals surface area contributed by atoms with Gasteiger partial charge in [0.05, 0.1) is 5.71 Å². The highest BCUT2D eigenvalue weighted by atomic mass is 35.5. The Morgan fingerprint density at radius 2 is 1.94 bits per heavy atom. The molecule has 1 unspecified atom stereocenters. The average Bonchev–Trinajstić information content (AvgIpc) is 3.05. The Morgan fingerprint density at radius 3 is 2.56 bits per heavy atom. The number of nitrogens with zero attached hydrogens (tertiary/aromatic N) is 2. The summed E-state index contributed by atoms with van der Waals surface area (Å²) < 4.78 is 28.9. The number of thioether (sulfide) groups is 1. The van der Waals surface area contributed by atoms with Crippen LogP contribution >= 0.6 is 23.4 Å². The lowest BCUT2D eigenvalue weighted by atomic mass is 9.78. The van der Waals surface area contributed by atoms with E-state index in [0.717, 1.165) is 29.9 Å². The zero-order valence-corrected chi connectivity index (χ0v) is 19.6. The van der Waals surface area contributed by atoms with Crippen molar-refractivity contribution in [2.24, 2.45) is 10.5 Å². The second-order valence-electron chi connectivity index (χ2n) is 7.89. The van der Waals surface area contributed by atoms with Crippen molar-refractivity contribution in [2.45, 2.75) is 26.4 Å². The maximum Gasteiger partial charge on any atom is 0.387 e. The summed E-state index contributed by atoms with van der Waals surface area (Å²) >= 11 is 7.86. The van der Waals surface area contributed by atoms with Crippen LogP contribution in [0.4, 0.5) is 14.5 Å². The highest BCUT2D eigenvalue weighted by Gasteiger charge is 2.39. The van der Waals surface area contributed by atoms with Gasteiger partial charge in [-0.15, -0.1) is 0 Å². The Labute approximate surface area is 196 Å². The second kappa shape index (κ2) is 11.0. The molecule has 32 heavy (non-hydrogen) atoms. The van der Waals surface area contributed by atoms with E-state index in [4.69, 9.17) is 16.7 Å². The number of ether oxygens (including phenoxy) is 1. The molecule has 1 heterocycles. The molecule has 9 heteroatoms. The number of amides is 1. The first-order valence-electron chi connectivity index (χ1n) is 10.2. The van der Waals surface area contributed by atoms with Crippen LogP contribution in [0, 0.1) is 5.41 Å². The molecule has 0 radical (unpaired) electrons. The molecule has 0 spiro atoms. The van der Waals surface area contributed by atoms with Crippen molar-refractivity contribution >= 4 is 40.7 Å². The van der Waals surface area contributed by atoms with E-state index < -0.39 is 6.61 Å². The van der Waals surface area contributed by atoms with Gasteiger partial charge in [0, 0.05) is 22.7 Å². The highest BCUT2D eigenvalue weighted by Crippen LogP contribution is 2.36. The van der Waals surface area contributed by atoms with Gasteiger partial charge in [-0.05, 0) is 66.8 Å². The summed E-state index contributed by atoms with van der Waals surface area (Å²) in [6, 6.07) is 13.4. The average molecular weight is 482 g/mol. The molecule has 2 aromatic carbocycles. The summed E-state index contributed by atoms with van der Waals surface area (Å²) in [4.78, 5) is 12.6. The van der Waals surface area contributed by atoms with Gasteiger partial charge in [-0.2, -0.15) is 25.6 Å². The predicted molar refractivity (Wildman–Crippen MR) is 127 cm³/mol. The van der Waals surface area contributed by atoms with E-state index in [9.17, 15) is 13.6 Å². The molecule has 172 valence electrons. The molecular weight excluding hydrogens is 456 g/mol. The highest BCUT2D eigenvalue weighted by molar-refractivity contribution is 7.98. The van der Waals surface area contributed by atoms with E-state index >= 15 is 0 Å². The fourth-order valence-corrected chi connectivity index (χ4v) is 4.33. The van der Waals surface area contributed by atoms with Gasteiger partial charge in [0.2, 0.25) is 5.91 Å². The van der Waals surface area contributed by atoms with E-state index in [0.29, 0.717) is 17.3 Å². The Morgan fingerprint density at radius 1 is 1.25 bits per heavy atom. The monoisotopic (exact) mass is 481 g/mol. The van der Waals surface area contributed by atoms with Crippen LogP contribution in [0.3, 0.4) is 0 Å². The first-order valence-corrected chi connectivity index (χ1v) is 12.0. The fraction of sp³-hybridized carbons (Fsp3) is 0.391. The molecule has 1 amide bonds. The number of halogens is 3. The number of hydrogen-bond acceptors (Lipinski definition) is 5. The van der Waals surface area contributed by atoms with Gasteiger partial charge in [0.25, 0.3) is 0 Å². The van der Waals surface area contributed by atoms with E-state index in [2.05, 4.69) is 23.2 Å². The minimum Gasteiger partial charge on any atom is -0.435 e. The molecule has 2 aromatic rings. The fourth-order valence-electron chi connectivity index (χ4n) is 3.77. The Hall–Kier alpha value is -2.32. The van der Waals surface area contributed by atoms with Crippen LogP contribution in [0.15, 0.2) is 53.6 Å². The zero-order chi connectivity index (χ0) is 23.1. The number of hydrazone groups is 1. The number of nitrogens with one attached hydrogen (secondary N) is 1. The smallest absolute Gasteiger partial charge is 0.387 e. The van der Waals surface area contributed by atoms with Gasteiger partial charge in [-0.1, -0.05) is 30.7 Å². The summed E-state index contributed by atoms with van der Waals surface area (Å²) in [7, 11) is 0. The van der Waals surface area contributed by atoms with E-state index in [1.165, 1.54) is 24.3 Å². The van der Waals surface area contributed by atoms with E-state index in [-0.39, 0.29) is 23.6 Å². The SMILES string of the molecule is CSCCCC1(C)CN(CC(=O)Nc2ccc(OC(F)F)cc2)N=C1c1ccc(Cl)cc1. The summed E-state index contributed by atoms with van der Waals surface area (Å²) in [5.74, 6) is 0.866. The van der Waals surface area contributed by atoms with Gasteiger partial charge in [0.15, 0.2) is 0 Å². The van der Waals surface area contributed by atoms with Gasteiger partial charge in [-0.3, -0.25) is 9.80 Å². The standard InChI is InChI=1S/C23H26ClF2N3O2S/c1-23(12-3-13-32-2)15-29(28-21(23)16-4-6-17(24)7-5-16)14-20(30)27-18-8-10-19(11-9-18)31-22(25)26/h4-11,22H,3,12-15H2,1-2H3,(H,27,30). The molecule has 1 aliphatic rings. The molecule has 0 bridgehead atoms. The van der Waals surface area contributed by atoms with Crippen molar-refractivity contribution in [2.75, 3.05) is 30.4 Å². The number of anilines is 1. The molecule has 1 N–H and O–H groups in total. The molecule has 0 aliphatic carbocycles. The minimum absolute atomic E-state index is 0.0377. The number of benzene rings is 2. The molecular formula is C23H26ClF2N3O2S. The topological polar surface area (TPSA) is 53.9 Å². The van der Waals surface area contributed by atoms with Crippen LogP contribution < -0.4 is 10.1 Å². The molecule has 0 saturated heterocycles. The van der Waals surface area contributed by atoms with Crippen molar-refractivity contribution < 1.29 is 18.3 Å². The van der Waals surface area contributed by atoms with Crippen LogP contribution in [-0.2, 0) is 4.79 Å². The van der Waals surface area contributed by atoms with E-state index in [1.807, 2.05) is 36.0 Å². The third-order valence-corrected chi connectivity index (χ3v) is 6.18. The number of rotatable bonds is 10. The predicted octanol–water partition coefficient (Wildman–Crippen LogP) is 5.75. The summed E-state index contributed by atoms with van der Waals surface area (Å²) in [6.07, 6.45) is 4.10. The van der Waals surface area contributed by atoms with Crippen molar-refractivity contribution in [3.63, 3.8) is 0 Å². The third kappa shape index (κ3) is 6.59. The molecule has 0 aromatic heterocycles. The summed E-state index contributed by atoms with van der Waals surface area (Å²) in [5.41, 5.74) is 2.27. The number of alkyl halides is 2. The lowest BCUT2D eigenvalue weighted by Crippen LogP contribution is -2.34. The molecule has 5 nitrogen and oxygen atoms in total. The molecule has 1 atom stereocenters. The number of hydrogen-bond donors (Lipinski definition) is 1. The van der Waals surface area contributed by atoms with Crippen LogP contribution in [0.1, 0.15) is 25.3 Å².